The zero-order valence-electron chi connectivity index (χ0n) is 19.9. The van der Waals surface area contributed by atoms with Gasteiger partial charge in [-0.05, 0) is 54.2 Å². The molecule has 1 aliphatic heterocycles. The van der Waals surface area contributed by atoms with Crippen molar-refractivity contribution in [2.75, 3.05) is 24.9 Å². The molecule has 3 aromatic rings. The summed E-state index contributed by atoms with van der Waals surface area (Å²) >= 11 is 0. The number of rotatable bonds is 5. The van der Waals surface area contributed by atoms with Gasteiger partial charge in [0.1, 0.15) is 11.5 Å². The van der Waals surface area contributed by atoms with Crippen LogP contribution in [0.1, 0.15) is 48.4 Å². The molecule has 1 heterocycles. The van der Waals surface area contributed by atoms with Crippen molar-refractivity contribution in [1.29, 1.82) is 0 Å². The molecule has 5 rings (SSSR count). The summed E-state index contributed by atoms with van der Waals surface area (Å²) in [6, 6.07) is 22.2. The number of carbonyl (C=O) groups is 1. The number of para-hydroxylation sites is 2. The second kappa shape index (κ2) is 9.26. The molecule has 1 aliphatic carbocycles. The van der Waals surface area contributed by atoms with E-state index in [1.165, 1.54) is 11.1 Å². The molecule has 0 saturated heterocycles. The first-order valence-electron chi connectivity index (χ1n) is 11.8. The Hall–Kier alpha value is -3.73. The van der Waals surface area contributed by atoms with Crippen LogP contribution in [0.5, 0.6) is 11.5 Å². The Bertz CT molecular complexity index is 1250. The highest BCUT2D eigenvalue weighted by molar-refractivity contribution is 6.01. The zero-order chi connectivity index (χ0) is 23.7. The van der Waals surface area contributed by atoms with Gasteiger partial charge in [0.05, 0.1) is 31.6 Å². The van der Waals surface area contributed by atoms with Gasteiger partial charge in [-0.15, -0.1) is 0 Å². The third-order valence-electron chi connectivity index (χ3n) is 6.92. The maximum absolute atomic E-state index is 13.7. The van der Waals surface area contributed by atoms with Crippen LogP contribution in [0.3, 0.4) is 0 Å². The number of hydrogen-bond acceptors (Lipinski definition) is 5. The number of anilines is 2. The Morgan fingerprint density at radius 3 is 2.38 bits per heavy atom. The highest BCUT2D eigenvalue weighted by Gasteiger charge is 2.37. The van der Waals surface area contributed by atoms with Crippen molar-refractivity contribution in [2.45, 2.75) is 38.1 Å². The number of allylic oxidation sites excluding steroid dienone is 1. The Labute approximate surface area is 200 Å². The maximum atomic E-state index is 13.7. The van der Waals surface area contributed by atoms with Crippen molar-refractivity contribution in [1.82, 2.24) is 0 Å². The van der Waals surface area contributed by atoms with Crippen molar-refractivity contribution in [2.24, 2.45) is 0 Å². The minimum Gasteiger partial charge on any atom is -0.497 e. The van der Waals surface area contributed by atoms with Gasteiger partial charge in [-0.3, -0.25) is 4.79 Å². The first-order valence-corrected chi connectivity index (χ1v) is 11.8. The van der Waals surface area contributed by atoms with E-state index in [9.17, 15) is 4.79 Å². The molecule has 0 saturated carbocycles. The smallest absolute Gasteiger partial charge is 0.163 e. The van der Waals surface area contributed by atoms with E-state index in [-0.39, 0.29) is 17.7 Å². The molecule has 2 aliphatic rings. The van der Waals surface area contributed by atoms with Crippen LogP contribution >= 0.6 is 0 Å². The number of ether oxygens (including phenoxy) is 2. The summed E-state index contributed by atoms with van der Waals surface area (Å²) in [7, 11) is 3.28. The van der Waals surface area contributed by atoms with Gasteiger partial charge in [0.25, 0.3) is 0 Å². The van der Waals surface area contributed by atoms with Crippen molar-refractivity contribution >= 4 is 17.2 Å². The lowest BCUT2D eigenvalue weighted by Gasteiger charge is -2.30. The first kappa shape index (κ1) is 22.1. The standard InChI is InChI=1S/C29H30N2O3/c1-4-18-9-11-19(12-10-18)20-15-25-28(26(32)16-20)29(31-24-8-6-5-7-23(24)30-25)22-14-13-21(33-2)17-27(22)34-3/h5-14,17,20,29-31H,4,15-16H2,1-3H3. The van der Waals surface area contributed by atoms with Crippen molar-refractivity contribution in [3.05, 3.63) is 94.7 Å². The zero-order valence-corrected chi connectivity index (χ0v) is 19.9. The molecular weight excluding hydrogens is 424 g/mol. The number of aryl methyl sites for hydroxylation is 1. The fraction of sp³-hybridized carbons (Fsp3) is 0.276. The van der Waals surface area contributed by atoms with Gasteiger partial charge in [0.15, 0.2) is 5.78 Å². The maximum Gasteiger partial charge on any atom is 0.163 e. The second-order valence-corrected chi connectivity index (χ2v) is 8.87. The topological polar surface area (TPSA) is 59.6 Å². The van der Waals surface area contributed by atoms with E-state index in [1.807, 2.05) is 42.5 Å². The monoisotopic (exact) mass is 454 g/mol. The van der Waals surface area contributed by atoms with Crippen molar-refractivity contribution in [3.63, 3.8) is 0 Å². The number of hydrogen-bond donors (Lipinski definition) is 2. The first-order chi connectivity index (χ1) is 16.6. The molecule has 2 unspecified atom stereocenters. The fourth-order valence-electron chi connectivity index (χ4n) is 5.04. The summed E-state index contributed by atoms with van der Waals surface area (Å²) in [4.78, 5) is 13.7. The molecule has 174 valence electrons. The van der Waals surface area contributed by atoms with Gasteiger partial charge in [-0.1, -0.05) is 43.3 Å². The molecule has 34 heavy (non-hydrogen) atoms. The molecule has 0 bridgehead atoms. The molecule has 0 radical (unpaired) electrons. The molecule has 0 amide bonds. The van der Waals surface area contributed by atoms with Crippen LogP contribution in [0.25, 0.3) is 0 Å². The largest absolute Gasteiger partial charge is 0.497 e. The van der Waals surface area contributed by atoms with Gasteiger partial charge < -0.3 is 20.1 Å². The number of methoxy groups -OCH3 is 2. The quantitative estimate of drug-likeness (QED) is 0.477. The Morgan fingerprint density at radius 2 is 1.68 bits per heavy atom. The average Bonchev–Trinajstić information content (AvgIpc) is 3.05. The van der Waals surface area contributed by atoms with Crippen LogP contribution in [0.15, 0.2) is 78.0 Å². The SMILES string of the molecule is CCc1ccc(C2CC(=O)C3=C(C2)Nc2ccccc2NC3c2ccc(OC)cc2OC)cc1. The molecule has 3 aromatic carbocycles. The fourth-order valence-corrected chi connectivity index (χ4v) is 5.04. The summed E-state index contributed by atoms with van der Waals surface area (Å²) < 4.78 is 11.1. The second-order valence-electron chi connectivity index (χ2n) is 8.87. The summed E-state index contributed by atoms with van der Waals surface area (Å²) in [6.45, 7) is 2.16. The molecule has 0 aromatic heterocycles. The summed E-state index contributed by atoms with van der Waals surface area (Å²) in [5.74, 6) is 1.70. The predicted octanol–water partition coefficient (Wildman–Crippen LogP) is 6.25. The number of fused-ring (bicyclic) bond motifs is 1. The Kier molecular flexibility index (Phi) is 6.01. The lowest BCUT2D eigenvalue weighted by molar-refractivity contribution is -0.116. The van der Waals surface area contributed by atoms with E-state index in [4.69, 9.17) is 9.47 Å². The molecule has 2 N–H and O–H groups in total. The minimum absolute atomic E-state index is 0.147. The number of Topliss-reactive ketones (excluding diaryl/α,β-unsaturated/α-hetero) is 1. The van der Waals surface area contributed by atoms with E-state index in [2.05, 4.69) is 41.8 Å². The molecule has 5 heteroatoms. The highest BCUT2D eigenvalue weighted by Crippen LogP contribution is 2.46. The molecular formula is C29H30N2O3. The van der Waals surface area contributed by atoms with Gasteiger partial charge in [0.2, 0.25) is 0 Å². The van der Waals surface area contributed by atoms with E-state index in [0.717, 1.165) is 41.1 Å². The summed E-state index contributed by atoms with van der Waals surface area (Å²) in [5.41, 5.74) is 7.11. The van der Waals surface area contributed by atoms with E-state index in [1.54, 1.807) is 14.2 Å². The average molecular weight is 455 g/mol. The molecule has 5 nitrogen and oxygen atoms in total. The number of nitrogens with one attached hydrogen (secondary N) is 2. The van der Waals surface area contributed by atoms with Crippen LogP contribution in [-0.2, 0) is 11.2 Å². The minimum atomic E-state index is -0.331. The Morgan fingerprint density at radius 1 is 0.912 bits per heavy atom. The lowest BCUT2D eigenvalue weighted by Crippen LogP contribution is -2.27. The third-order valence-corrected chi connectivity index (χ3v) is 6.92. The summed E-state index contributed by atoms with van der Waals surface area (Å²) in [6.07, 6.45) is 2.27. The molecule has 0 fully saturated rings. The van der Waals surface area contributed by atoms with E-state index >= 15 is 0 Å². The third kappa shape index (κ3) is 4.03. The van der Waals surface area contributed by atoms with Crippen LogP contribution in [-0.4, -0.2) is 20.0 Å². The van der Waals surface area contributed by atoms with Gasteiger partial charge in [-0.25, -0.2) is 0 Å². The van der Waals surface area contributed by atoms with E-state index < -0.39 is 0 Å². The lowest BCUT2D eigenvalue weighted by atomic mass is 9.78. The number of ketones is 1. The highest BCUT2D eigenvalue weighted by atomic mass is 16.5. The Balaban J connectivity index is 1.60. The molecule has 0 spiro atoms. The normalized spacial score (nSPS) is 19.3. The van der Waals surface area contributed by atoms with Crippen LogP contribution < -0.4 is 20.1 Å². The van der Waals surface area contributed by atoms with Gasteiger partial charge in [-0.2, -0.15) is 0 Å². The summed E-state index contributed by atoms with van der Waals surface area (Å²) in [5, 5.41) is 7.23. The number of benzene rings is 3. The molecule has 2 atom stereocenters. The van der Waals surface area contributed by atoms with Gasteiger partial charge in [0, 0.05) is 29.3 Å². The van der Waals surface area contributed by atoms with Crippen LogP contribution in [0, 0.1) is 0 Å². The van der Waals surface area contributed by atoms with Crippen LogP contribution in [0.2, 0.25) is 0 Å². The van der Waals surface area contributed by atoms with Crippen molar-refractivity contribution in [3.8, 4) is 11.5 Å². The number of carbonyl (C=O) groups excluding carboxylic acids is 1. The van der Waals surface area contributed by atoms with Crippen LogP contribution in [0.4, 0.5) is 11.4 Å². The van der Waals surface area contributed by atoms with Crippen molar-refractivity contribution < 1.29 is 14.3 Å². The predicted molar refractivity (Wildman–Crippen MR) is 136 cm³/mol. The van der Waals surface area contributed by atoms with Gasteiger partial charge >= 0.3 is 0 Å². The van der Waals surface area contributed by atoms with E-state index in [0.29, 0.717) is 17.9 Å².